The van der Waals surface area contributed by atoms with Gasteiger partial charge in [0.15, 0.2) is 11.6 Å². The predicted molar refractivity (Wildman–Crippen MR) is 249 cm³/mol. The number of hydrogen-bond donors (Lipinski definition) is 7. The zero-order valence-corrected chi connectivity index (χ0v) is 38.9. The van der Waals surface area contributed by atoms with E-state index in [1.807, 2.05) is 0 Å². The molecule has 16 nitrogen and oxygen atoms in total. The second-order valence-electron chi connectivity index (χ2n) is 15.9. The van der Waals surface area contributed by atoms with Crippen LogP contribution >= 0.6 is 23.2 Å². The van der Waals surface area contributed by atoms with Gasteiger partial charge in [-0.1, -0.05) is 79.6 Å². The maximum atomic E-state index is 12.9. The summed E-state index contributed by atoms with van der Waals surface area (Å²) in [7, 11) is 0. The molecule has 0 spiro atoms. The lowest BCUT2D eigenvalue weighted by molar-refractivity contribution is -0.128. The van der Waals surface area contributed by atoms with Crippen LogP contribution in [0.2, 0.25) is 10.0 Å². The average Bonchev–Trinajstić information content (AvgIpc) is 3.27. The van der Waals surface area contributed by atoms with E-state index in [1.165, 1.54) is 73.7 Å². The third-order valence-electron chi connectivity index (χ3n) is 10.6. The minimum absolute atomic E-state index is 0.0731. The van der Waals surface area contributed by atoms with Crippen LogP contribution in [0.5, 0.6) is 23.0 Å². The highest BCUT2D eigenvalue weighted by Crippen LogP contribution is 2.33. The minimum Gasteiger partial charge on any atom is -0.507 e. The van der Waals surface area contributed by atoms with Gasteiger partial charge in [0.05, 0.1) is 28.8 Å². The fraction of sp³-hybridized carbons (Fsp3) is 0.367. The van der Waals surface area contributed by atoms with Gasteiger partial charge in [0.1, 0.15) is 71.8 Å². The van der Waals surface area contributed by atoms with E-state index in [2.05, 4.69) is 5.32 Å². The molecular formula is C49H55Cl2NO15. The van der Waals surface area contributed by atoms with Crippen LogP contribution in [0.15, 0.2) is 78.9 Å². The highest BCUT2D eigenvalue weighted by molar-refractivity contribution is 6.42. The molecule has 67 heavy (non-hydrogen) atoms. The standard InChI is InChI=1S/C26H26Cl2O7.C23H29NO8/c1-14-6-9-22(30)25(32)21(29)5-3-4-17-11-18(12-23(31)24(17)26(33)35-15(14)2)34-13-16-7-8-19(27)20(28)10-16;1-13-7-8-19(27)22(29)18(26)6-4-5-16-11-17(31-10-9-24-15(3)25)12-20(28)21(16)23(30)32-14(13)2/h3-4,6-12,14-15,21,25,29,31-32H,5,13H2,1-2H3;4-5,7-8,11-14,18,22,26,28-29H,6,9-10H2,1-3H3,(H,24,25)/b4-3+,9-6-;5-4+,8-7-/t14-,15+,21+,25?;13-,14+,18+,22?/m11/s1. The Morgan fingerprint density at radius 2 is 1.13 bits per heavy atom. The van der Waals surface area contributed by atoms with E-state index in [0.717, 1.165) is 11.6 Å². The smallest absolute Gasteiger partial charge is 0.342 e. The van der Waals surface area contributed by atoms with E-state index >= 15 is 0 Å². The molecule has 8 atom stereocenters. The molecule has 2 heterocycles. The zero-order chi connectivity index (χ0) is 49.5. The van der Waals surface area contributed by atoms with Gasteiger partial charge in [-0.2, -0.15) is 0 Å². The molecule has 18 heteroatoms. The Hall–Kier alpha value is -6.01. The highest BCUT2D eigenvalue weighted by Gasteiger charge is 2.27. The quantitative estimate of drug-likeness (QED) is 0.105. The molecular weight excluding hydrogens is 913 g/mol. The molecule has 0 aliphatic carbocycles. The first kappa shape index (κ1) is 53.6. The average molecular weight is 969 g/mol. The number of benzene rings is 3. The summed E-state index contributed by atoms with van der Waals surface area (Å²) in [6.07, 6.45) is 3.90. The number of aliphatic hydroxyl groups is 4. The third kappa shape index (κ3) is 15.8. The largest absolute Gasteiger partial charge is 0.507 e. The second kappa shape index (κ2) is 25.2. The molecule has 7 N–H and O–H groups in total. The lowest BCUT2D eigenvalue weighted by Gasteiger charge is -2.20. The Bertz CT molecular complexity index is 2400. The normalized spacial score (nSPS) is 25.7. The number of fused-ring (bicyclic) bond motifs is 2. The summed E-state index contributed by atoms with van der Waals surface area (Å²) >= 11 is 12.0. The summed E-state index contributed by atoms with van der Waals surface area (Å²) in [5, 5.41) is 65.0. The number of aliphatic hydroxyl groups excluding tert-OH is 4. The molecule has 1 amide bonds. The molecule has 2 aliphatic rings. The Morgan fingerprint density at radius 1 is 0.672 bits per heavy atom. The second-order valence-corrected chi connectivity index (χ2v) is 16.8. The van der Waals surface area contributed by atoms with E-state index in [0.29, 0.717) is 10.0 Å². The van der Waals surface area contributed by atoms with Crippen molar-refractivity contribution in [3.8, 4) is 23.0 Å². The third-order valence-corrected chi connectivity index (χ3v) is 11.4. The number of phenolic OH excluding ortho intramolecular Hbond substituents is 2. The van der Waals surface area contributed by atoms with Gasteiger partial charge in [-0.3, -0.25) is 14.4 Å². The van der Waals surface area contributed by atoms with Gasteiger partial charge in [-0.25, -0.2) is 9.59 Å². The van der Waals surface area contributed by atoms with Crippen LogP contribution in [-0.4, -0.2) is 110 Å². The number of amides is 1. The number of phenols is 2. The number of halogens is 2. The molecule has 3 aromatic rings. The van der Waals surface area contributed by atoms with Gasteiger partial charge < -0.3 is 54.9 Å². The summed E-state index contributed by atoms with van der Waals surface area (Å²) in [6.45, 7) is 8.64. The predicted octanol–water partition coefficient (Wildman–Crippen LogP) is 6.08. The number of rotatable bonds is 7. The molecule has 0 radical (unpaired) electrons. The van der Waals surface area contributed by atoms with Crippen molar-refractivity contribution in [1.29, 1.82) is 0 Å². The van der Waals surface area contributed by atoms with Crippen molar-refractivity contribution in [1.82, 2.24) is 5.32 Å². The molecule has 0 saturated heterocycles. The minimum atomic E-state index is -1.60. The van der Waals surface area contributed by atoms with Crippen molar-refractivity contribution in [2.24, 2.45) is 11.8 Å². The van der Waals surface area contributed by atoms with Crippen LogP contribution in [0.4, 0.5) is 0 Å². The molecule has 2 unspecified atom stereocenters. The number of aromatic hydroxyl groups is 2. The van der Waals surface area contributed by atoms with E-state index in [4.69, 9.17) is 42.1 Å². The molecule has 2 aliphatic heterocycles. The van der Waals surface area contributed by atoms with Gasteiger partial charge in [-0.05, 0) is 79.8 Å². The molecule has 5 rings (SSSR count). The van der Waals surface area contributed by atoms with Gasteiger partial charge in [0.2, 0.25) is 5.91 Å². The highest BCUT2D eigenvalue weighted by atomic mass is 35.5. The molecule has 3 aromatic carbocycles. The number of ketones is 2. The molecule has 0 saturated carbocycles. The maximum absolute atomic E-state index is 12.9. The first-order chi connectivity index (χ1) is 31.7. The summed E-state index contributed by atoms with van der Waals surface area (Å²) in [6, 6.07) is 10.7. The van der Waals surface area contributed by atoms with Crippen molar-refractivity contribution < 1.29 is 73.6 Å². The lowest BCUT2D eigenvalue weighted by Crippen LogP contribution is -2.32. The fourth-order valence-corrected chi connectivity index (χ4v) is 6.61. The molecule has 360 valence electrons. The van der Waals surface area contributed by atoms with Gasteiger partial charge in [0.25, 0.3) is 0 Å². The van der Waals surface area contributed by atoms with E-state index < -0.39 is 60.1 Å². The zero-order valence-electron chi connectivity index (χ0n) is 37.4. The number of carbonyl (C=O) groups is 5. The number of nitrogens with one attached hydrogen (secondary N) is 1. The topological polar surface area (TPSA) is 256 Å². The van der Waals surface area contributed by atoms with Gasteiger partial charge in [0, 0.05) is 30.9 Å². The van der Waals surface area contributed by atoms with Crippen molar-refractivity contribution >= 4 is 64.8 Å². The Morgan fingerprint density at radius 3 is 1.58 bits per heavy atom. The fourth-order valence-electron chi connectivity index (χ4n) is 6.29. The first-order valence-electron chi connectivity index (χ1n) is 21.3. The number of cyclic esters (lactones) is 2. The van der Waals surface area contributed by atoms with Gasteiger partial charge >= 0.3 is 11.9 Å². The van der Waals surface area contributed by atoms with Crippen LogP contribution in [0.25, 0.3) is 12.2 Å². The number of carbonyl (C=O) groups excluding carboxylic acids is 5. The number of esters is 2. The Kier molecular flexibility index (Phi) is 20.2. The van der Waals surface area contributed by atoms with Gasteiger partial charge in [-0.15, -0.1) is 0 Å². The van der Waals surface area contributed by atoms with Crippen LogP contribution in [0.1, 0.15) is 84.9 Å². The van der Waals surface area contributed by atoms with Crippen molar-refractivity contribution in [2.75, 3.05) is 13.2 Å². The van der Waals surface area contributed by atoms with Crippen molar-refractivity contribution in [3.05, 3.63) is 117 Å². The van der Waals surface area contributed by atoms with Crippen LogP contribution in [0, 0.1) is 11.8 Å². The molecule has 0 aromatic heterocycles. The Balaban J connectivity index is 0.000000294. The van der Waals surface area contributed by atoms with Crippen LogP contribution in [-0.2, 0) is 30.5 Å². The van der Waals surface area contributed by atoms with Crippen LogP contribution in [0.3, 0.4) is 0 Å². The SMILES string of the molecule is CC(=O)NCCOc1cc(O)c2c(c1)/C=C/C[C@H](O)C(O)C(=O)/C=C\[C@@H](C)[C@H](C)OC2=O.C[C@@H]1/C=C\C(=O)C(O)[C@@H](O)C/C=C/c2cc(OCc3ccc(Cl)c(Cl)c3)cc(O)c2C(=O)O[C@H]1C. The molecule has 0 fully saturated rings. The summed E-state index contributed by atoms with van der Waals surface area (Å²) in [5.41, 5.74) is 1.13. The van der Waals surface area contributed by atoms with Crippen molar-refractivity contribution in [3.63, 3.8) is 0 Å². The van der Waals surface area contributed by atoms with E-state index in [1.54, 1.807) is 45.9 Å². The van der Waals surface area contributed by atoms with Crippen molar-refractivity contribution in [2.45, 2.75) is 90.7 Å². The number of ether oxygens (including phenoxy) is 4. The molecule has 0 bridgehead atoms. The van der Waals surface area contributed by atoms with E-state index in [-0.39, 0.29) is 95.6 Å². The first-order valence-corrected chi connectivity index (χ1v) is 22.0. The monoisotopic (exact) mass is 967 g/mol. The maximum Gasteiger partial charge on any atom is 0.342 e. The Labute approximate surface area is 397 Å². The number of hydrogen-bond acceptors (Lipinski definition) is 15. The summed E-state index contributed by atoms with van der Waals surface area (Å²) < 4.78 is 22.3. The van der Waals surface area contributed by atoms with Crippen LogP contribution < -0.4 is 14.8 Å². The summed E-state index contributed by atoms with van der Waals surface area (Å²) in [5.74, 6) is -3.94. The lowest BCUT2D eigenvalue weighted by atomic mass is 9.99. The summed E-state index contributed by atoms with van der Waals surface area (Å²) in [4.78, 5) is 60.9. The van der Waals surface area contributed by atoms with E-state index in [9.17, 15) is 54.6 Å².